The molecule has 3 rings (SSSR count). The molecule has 0 spiro atoms. The topological polar surface area (TPSA) is 59.9 Å². The van der Waals surface area contributed by atoms with Crippen LogP contribution in [0.4, 0.5) is 8.78 Å². The van der Waals surface area contributed by atoms with Gasteiger partial charge in [0.2, 0.25) is 0 Å². The van der Waals surface area contributed by atoms with E-state index < -0.39 is 6.61 Å². The molecule has 1 aromatic carbocycles. The lowest BCUT2D eigenvalue weighted by Crippen LogP contribution is -2.21. The third-order valence-electron chi connectivity index (χ3n) is 4.06. The predicted octanol–water partition coefficient (Wildman–Crippen LogP) is 4.19. The van der Waals surface area contributed by atoms with Crippen LogP contribution in [-0.2, 0) is 4.79 Å². The molecule has 1 aromatic rings. The van der Waals surface area contributed by atoms with Crippen LogP contribution in [0.3, 0.4) is 0 Å². The van der Waals surface area contributed by atoms with Crippen LogP contribution in [0.2, 0.25) is 0 Å². The highest BCUT2D eigenvalue weighted by atomic mass is 32.2. The van der Waals surface area contributed by atoms with Gasteiger partial charge in [0.15, 0.2) is 16.7 Å². The third kappa shape index (κ3) is 4.75. The van der Waals surface area contributed by atoms with E-state index in [1.54, 1.807) is 25.1 Å². The fraction of sp³-hybridized carbons (Fsp3) is 0.444. The molecule has 8 heteroatoms. The van der Waals surface area contributed by atoms with Crippen molar-refractivity contribution in [2.45, 2.75) is 45.3 Å². The molecule has 1 aliphatic heterocycles. The fourth-order valence-electron chi connectivity index (χ4n) is 2.92. The lowest BCUT2D eigenvalue weighted by molar-refractivity contribution is -0.115. The Balaban J connectivity index is 1.78. The SMILES string of the molecule is CCOc1cc(/C=C2\SC(=NC3CCCC3)NC2=O)ccc1OC(F)F. The maximum atomic E-state index is 12.5. The van der Waals surface area contributed by atoms with Crippen molar-refractivity contribution < 1.29 is 23.0 Å². The number of thioether (sulfide) groups is 1. The van der Waals surface area contributed by atoms with E-state index in [1.165, 1.54) is 30.7 Å². The van der Waals surface area contributed by atoms with E-state index in [0.717, 1.165) is 12.8 Å². The first-order chi connectivity index (χ1) is 12.5. The van der Waals surface area contributed by atoms with Gasteiger partial charge in [-0.2, -0.15) is 8.78 Å². The molecule has 0 atom stereocenters. The summed E-state index contributed by atoms with van der Waals surface area (Å²) in [6.45, 7) is -0.861. The number of hydrogen-bond acceptors (Lipinski definition) is 5. The van der Waals surface area contributed by atoms with Gasteiger partial charge in [0, 0.05) is 0 Å². The second kappa shape index (κ2) is 8.53. The average Bonchev–Trinajstić information content (AvgIpc) is 3.20. The number of carbonyl (C=O) groups is 1. The largest absolute Gasteiger partial charge is 0.490 e. The Morgan fingerprint density at radius 2 is 2.12 bits per heavy atom. The van der Waals surface area contributed by atoms with E-state index >= 15 is 0 Å². The maximum absolute atomic E-state index is 12.5. The van der Waals surface area contributed by atoms with E-state index in [9.17, 15) is 13.6 Å². The van der Waals surface area contributed by atoms with Gasteiger partial charge in [0.1, 0.15) is 0 Å². The molecule has 0 radical (unpaired) electrons. The van der Waals surface area contributed by atoms with E-state index in [4.69, 9.17) is 4.74 Å². The Morgan fingerprint density at radius 3 is 2.81 bits per heavy atom. The maximum Gasteiger partial charge on any atom is 0.387 e. The van der Waals surface area contributed by atoms with E-state index in [-0.39, 0.29) is 23.4 Å². The van der Waals surface area contributed by atoms with Crippen LogP contribution in [0, 0.1) is 0 Å². The summed E-state index contributed by atoms with van der Waals surface area (Å²) in [5.74, 6) is -0.0287. The highest BCUT2D eigenvalue weighted by Crippen LogP contribution is 2.33. The number of benzene rings is 1. The third-order valence-corrected chi connectivity index (χ3v) is 4.98. The van der Waals surface area contributed by atoms with Crippen molar-refractivity contribution in [2.75, 3.05) is 6.61 Å². The average molecular weight is 382 g/mol. The Morgan fingerprint density at radius 1 is 1.35 bits per heavy atom. The lowest BCUT2D eigenvalue weighted by Gasteiger charge is -2.11. The predicted molar refractivity (Wildman–Crippen MR) is 97.6 cm³/mol. The van der Waals surface area contributed by atoms with Gasteiger partial charge in [-0.15, -0.1) is 0 Å². The van der Waals surface area contributed by atoms with Crippen molar-refractivity contribution in [3.63, 3.8) is 0 Å². The summed E-state index contributed by atoms with van der Waals surface area (Å²) in [6, 6.07) is 4.88. The van der Waals surface area contributed by atoms with Crippen LogP contribution in [0.15, 0.2) is 28.1 Å². The van der Waals surface area contributed by atoms with E-state index in [0.29, 0.717) is 22.2 Å². The Bertz CT molecular complexity index is 731. The van der Waals surface area contributed by atoms with Crippen molar-refractivity contribution >= 4 is 28.9 Å². The number of amides is 1. The highest BCUT2D eigenvalue weighted by molar-refractivity contribution is 8.18. The van der Waals surface area contributed by atoms with Gasteiger partial charge in [-0.05, 0) is 55.3 Å². The summed E-state index contributed by atoms with van der Waals surface area (Å²) < 4.78 is 34.8. The van der Waals surface area contributed by atoms with Gasteiger partial charge in [-0.3, -0.25) is 9.79 Å². The second-order valence-electron chi connectivity index (χ2n) is 5.95. The summed E-state index contributed by atoms with van der Waals surface area (Å²) in [5.41, 5.74) is 0.662. The molecule has 1 amide bonds. The number of nitrogens with one attached hydrogen (secondary N) is 1. The summed E-state index contributed by atoms with van der Waals surface area (Å²) in [5, 5.41) is 3.40. The Hall–Kier alpha value is -2.09. The zero-order chi connectivity index (χ0) is 18.5. The van der Waals surface area contributed by atoms with Crippen molar-refractivity contribution in [2.24, 2.45) is 4.99 Å². The number of aliphatic imine (C=N–C) groups is 1. The monoisotopic (exact) mass is 382 g/mol. The summed E-state index contributed by atoms with van der Waals surface area (Å²) >= 11 is 1.29. The molecule has 2 aliphatic rings. The zero-order valence-corrected chi connectivity index (χ0v) is 15.2. The van der Waals surface area contributed by atoms with E-state index in [1.807, 2.05) is 0 Å². The lowest BCUT2D eigenvalue weighted by atomic mass is 10.2. The summed E-state index contributed by atoms with van der Waals surface area (Å²) in [4.78, 5) is 17.2. The molecule has 1 aliphatic carbocycles. The van der Waals surface area contributed by atoms with Crippen LogP contribution < -0.4 is 14.8 Å². The van der Waals surface area contributed by atoms with Crippen LogP contribution in [0.1, 0.15) is 38.2 Å². The van der Waals surface area contributed by atoms with Gasteiger partial charge >= 0.3 is 6.61 Å². The molecule has 140 valence electrons. The number of rotatable bonds is 6. The molecule has 5 nitrogen and oxygen atoms in total. The van der Waals surface area contributed by atoms with Crippen LogP contribution in [0.25, 0.3) is 6.08 Å². The molecule has 0 bridgehead atoms. The smallest absolute Gasteiger partial charge is 0.387 e. The number of carbonyl (C=O) groups excluding carboxylic acids is 1. The van der Waals surface area contributed by atoms with Crippen molar-refractivity contribution in [1.29, 1.82) is 0 Å². The minimum Gasteiger partial charge on any atom is -0.490 e. The van der Waals surface area contributed by atoms with Gasteiger partial charge in [0.05, 0.1) is 17.6 Å². The molecular formula is C18H20F2N2O3S. The van der Waals surface area contributed by atoms with Crippen molar-refractivity contribution in [3.8, 4) is 11.5 Å². The first-order valence-electron chi connectivity index (χ1n) is 8.55. The number of amidine groups is 1. The normalized spacial score (nSPS) is 21.0. The first-order valence-corrected chi connectivity index (χ1v) is 9.37. The van der Waals surface area contributed by atoms with Gasteiger partial charge in [-0.25, -0.2) is 0 Å². The minimum atomic E-state index is -2.93. The zero-order valence-electron chi connectivity index (χ0n) is 14.3. The Kier molecular flexibility index (Phi) is 6.13. The van der Waals surface area contributed by atoms with Gasteiger partial charge < -0.3 is 14.8 Å². The second-order valence-corrected chi connectivity index (χ2v) is 6.99. The Labute approximate surface area is 154 Å². The van der Waals surface area contributed by atoms with Crippen LogP contribution in [0.5, 0.6) is 11.5 Å². The van der Waals surface area contributed by atoms with E-state index in [2.05, 4.69) is 15.0 Å². The molecule has 1 heterocycles. The van der Waals surface area contributed by atoms with Gasteiger partial charge in [-0.1, -0.05) is 18.9 Å². The minimum absolute atomic E-state index is 0.0315. The number of hydrogen-bond donors (Lipinski definition) is 1. The molecule has 2 fully saturated rings. The summed E-state index contributed by atoms with van der Waals surface area (Å²) in [6.07, 6.45) is 6.16. The van der Waals surface area contributed by atoms with Crippen LogP contribution >= 0.6 is 11.8 Å². The number of ether oxygens (including phenoxy) is 2. The van der Waals surface area contributed by atoms with Crippen molar-refractivity contribution in [1.82, 2.24) is 5.32 Å². The highest BCUT2D eigenvalue weighted by Gasteiger charge is 2.25. The number of alkyl halides is 2. The molecular weight excluding hydrogens is 362 g/mol. The molecule has 0 aromatic heterocycles. The molecule has 26 heavy (non-hydrogen) atoms. The number of halogens is 2. The fourth-order valence-corrected chi connectivity index (χ4v) is 3.81. The molecule has 1 saturated heterocycles. The standard InChI is InChI=1S/C18H20F2N2O3S/c1-2-24-14-9-11(7-8-13(14)25-17(19)20)10-15-16(23)22-18(26-15)21-12-5-3-4-6-12/h7-10,12,17H,2-6H2,1H3,(H,21,22,23)/b15-10-. The molecule has 0 unspecified atom stereocenters. The molecule has 1 saturated carbocycles. The van der Waals surface area contributed by atoms with Crippen molar-refractivity contribution in [3.05, 3.63) is 28.7 Å². The van der Waals surface area contributed by atoms with Crippen LogP contribution in [-0.4, -0.2) is 30.3 Å². The first kappa shape index (κ1) is 18.7. The molecule has 1 N–H and O–H groups in total. The van der Waals surface area contributed by atoms with Gasteiger partial charge in [0.25, 0.3) is 5.91 Å². The summed E-state index contributed by atoms with van der Waals surface area (Å²) in [7, 11) is 0. The quantitative estimate of drug-likeness (QED) is 0.750. The number of nitrogens with zero attached hydrogens (tertiary/aromatic N) is 1.